The molecule has 0 aliphatic rings. The molecule has 6 atom stereocenters. The molecule has 6 unspecified atom stereocenters. The molecule has 24 N–H and O–H groups in total. The van der Waals surface area contributed by atoms with Crippen LogP contribution in [-0.2, 0) is 47.7 Å². The first-order valence-electron chi connectivity index (χ1n) is 23.1. The number of carbonyl (C=O) groups excluding carboxylic acids is 6. The number of aliphatic hydroxyl groups is 1. The van der Waals surface area contributed by atoms with Crippen LogP contribution in [0.15, 0.2) is 129 Å². The Balaban J connectivity index is 1.52. The number of aliphatic hydroxyl groups excluding tert-OH is 1. The van der Waals surface area contributed by atoms with Gasteiger partial charge in [0.25, 0.3) is 29.5 Å². The summed E-state index contributed by atoms with van der Waals surface area (Å²) in [7, 11) is 0. The van der Waals surface area contributed by atoms with Crippen molar-refractivity contribution in [3.63, 3.8) is 0 Å². The number of benzene rings is 4. The van der Waals surface area contributed by atoms with Gasteiger partial charge in [0, 0.05) is 11.9 Å². The summed E-state index contributed by atoms with van der Waals surface area (Å²) >= 11 is 0. The molecule has 0 fully saturated rings. The molecule has 6 amide bonds. The van der Waals surface area contributed by atoms with Crippen LogP contribution < -0.4 is 83.1 Å². The molecule has 1 heterocycles. The molecular formula is C48H52F6N20O7. The summed E-state index contributed by atoms with van der Waals surface area (Å²) in [6, 6.07) is 22.7. The molecule has 0 aliphatic heterocycles. The molecule has 0 saturated heterocycles. The summed E-state index contributed by atoms with van der Waals surface area (Å²) in [5.74, 6) is -11.9. The molecule has 4 aromatic carbocycles. The number of hydrogen-bond donors (Lipinski definition) is 15. The van der Waals surface area contributed by atoms with Gasteiger partial charge in [-0.2, -0.15) is 26.3 Å². The van der Waals surface area contributed by atoms with Gasteiger partial charge in [-0.15, -0.1) is 0 Å². The fourth-order valence-electron chi connectivity index (χ4n) is 7.23. The van der Waals surface area contributed by atoms with Crippen molar-refractivity contribution in [2.45, 2.75) is 55.8 Å². The quantitative estimate of drug-likeness (QED) is 0.0117. The summed E-state index contributed by atoms with van der Waals surface area (Å²) in [6.45, 7) is -0.674. The number of amides is 6. The fourth-order valence-corrected chi connectivity index (χ4v) is 7.23. The first kappa shape index (κ1) is 61.1. The number of hydrogen-bond acceptors (Lipinski definition) is 13. The fraction of sp³-hybridized carbons (Fsp3) is 0.188. The van der Waals surface area contributed by atoms with Gasteiger partial charge in [-0.05, 0) is 34.4 Å². The first-order chi connectivity index (χ1) is 38.0. The zero-order valence-electron chi connectivity index (χ0n) is 41.8. The summed E-state index contributed by atoms with van der Waals surface area (Å²) < 4.78 is 87.1. The first-order valence-corrected chi connectivity index (χ1v) is 23.1. The van der Waals surface area contributed by atoms with Crippen LogP contribution in [-0.4, -0.2) is 100 Å². The van der Waals surface area contributed by atoms with Crippen molar-refractivity contribution in [3.05, 3.63) is 143 Å². The molecule has 1 aromatic heterocycles. The van der Waals surface area contributed by atoms with Gasteiger partial charge in [0.1, 0.15) is 11.7 Å². The lowest BCUT2D eigenvalue weighted by Gasteiger charge is -2.32. The third-order valence-corrected chi connectivity index (χ3v) is 10.8. The molecule has 81 heavy (non-hydrogen) atoms. The summed E-state index contributed by atoms with van der Waals surface area (Å²) in [5, 5.41) is 21.8. The van der Waals surface area contributed by atoms with Gasteiger partial charge in [-0.1, -0.05) is 109 Å². The minimum atomic E-state index is -5.38. The van der Waals surface area contributed by atoms with Gasteiger partial charge >= 0.3 is 12.4 Å². The van der Waals surface area contributed by atoms with E-state index in [9.17, 15) is 60.2 Å². The topological polar surface area (TPSA) is 483 Å². The summed E-state index contributed by atoms with van der Waals surface area (Å²) in [6.07, 6.45) is -18.5. The van der Waals surface area contributed by atoms with Crippen LogP contribution in [0.5, 0.6) is 0 Å². The van der Waals surface area contributed by atoms with E-state index in [4.69, 9.17) is 51.6 Å². The molecule has 428 valence electrons. The maximum atomic E-state index is 14.6. The standard InChI is InChI=1S/C48H52F6N20O7/c49-47(50,51)27-13-7-12-26-28(20-29(48(52,53)54)64-31(26)27)74(21-24-18-16-23(17-19-24)15-14-22-8-3-1-4-9-22)42(81)41(80)65-30(25-10-5-2-6-11-25)37(76)67-34(71-44(58)59)39(78)69-36(73-46(62)63)40(79)68-35(72-45(60)61)38(77)66-33(32(55)75)70-43(56)57/h1-20,30,33-36,42,81H,21H2,(H2,55,75)(H,65,80)(H,66,77)(H,67,76)(H,68,79)(H,69,78)(H4,56,57,70)(H4,58,59,71)(H4,60,61,72)(H4,62,63,73). The van der Waals surface area contributed by atoms with Gasteiger partial charge in [-0.3, -0.25) is 28.8 Å². The van der Waals surface area contributed by atoms with Crippen LogP contribution in [0.4, 0.5) is 32.0 Å². The highest BCUT2D eigenvalue weighted by atomic mass is 19.4. The highest BCUT2D eigenvalue weighted by Crippen LogP contribution is 2.41. The number of para-hydroxylation sites is 1. The molecule has 0 radical (unpaired) electrons. The molecule has 0 bridgehead atoms. The minimum absolute atomic E-state index is 0.103. The van der Waals surface area contributed by atoms with Crippen molar-refractivity contribution in [2.24, 2.45) is 71.6 Å². The smallest absolute Gasteiger partial charge is 0.370 e. The molecule has 27 nitrogen and oxygen atoms in total. The van der Waals surface area contributed by atoms with E-state index in [1.165, 1.54) is 42.5 Å². The minimum Gasteiger partial charge on any atom is -0.370 e. The number of guanidine groups is 4. The zero-order valence-corrected chi connectivity index (χ0v) is 41.8. The van der Waals surface area contributed by atoms with E-state index in [1.807, 2.05) is 46.3 Å². The zero-order chi connectivity index (χ0) is 59.9. The summed E-state index contributed by atoms with van der Waals surface area (Å²) in [5.41, 5.74) is 45.0. The van der Waals surface area contributed by atoms with Crippen molar-refractivity contribution in [1.82, 2.24) is 31.6 Å². The number of pyridine rings is 1. The Labute approximate surface area is 453 Å². The molecule has 0 aliphatic carbocycles. The highest BCUT2D eigenvalue weighted by Gasteiger charge is 2.40. The van der Waals surface area contributed by atoms with E-state index in [1.54, 1.807) is 24.3 Å². The Morgan fingerprint density at radius 1 is 0.531 bits per heavy atom. The SMILES string of the molecule is NC(=O)C(N=C(N)N)NC(=O)C(N=C(N)N)NC(=O)C(N=C(N)N)NC(=O)C(N=C(N)N)NC(=O)C(NC(=O)C(O)N(Cc1ccc(C=Cc2ccccc2)cc1)c1cc(C(F)(F)F)nc2c(C(F)(F)F)cccc12)c1ccccc1. The average Bonchev–Trinajstić information content (AvgIpc) is 3.48. The Bertz CT molecular complexity index is 3260. The van der Waals surface area contributed by atoms with Crippen molar-refractivity contribution in [1.29, 1.82) is 0 Å². The monoisotopic (exact) mass is 1130 g/mol. The second-order valence-electron chi connectivity index (χ2n) is 16.8. The van der Waals surface area contributed by atoms with Gasteiger partial charge in [0.2, 0.25) is 36.8 Å². The number of nitrogens with one attached hydrogen (secondary N) is 5. The highest BCUT2D eigenvalue weighted by molar-refractivity contribution is 6.00. The Kier molecular flexibility index (Phi) is 20.0. The lowest BCUT2D eigenvalue weighted by Crippen LogP contribution is -2.58. The van der Waals surface area contributed by atoms with Gasteiger partial charge < -0.3 is 88.2 Å². The van der Waals surface area contributed by atoms with E-state index in [0.717, 1.165) is 17.7 Å². The number of nitrogens with two attached hydrogens (primary N) is 9. The second kappa shape index (κ2) is 26.6. The van der Waals surface area contributed by atoms with Crippen LogP contribution >= 0.6 is 0 Å². The lowest BCUT2D eigenvalue weighted by atomic mass is 10.0. The molecular weight excluding hydrogens is 1080 g/mol. The maximum absolute atomic E-state index is 14.6. The van der Waals surface area contributed by atoms with E-state index in [2.05, 4.69) is 35.6 Å². The van der Waals surface area contributed by atoms with Crippen LogP contribution in [0.25, 0.3) is 23.1 Å². The number of carbonyl (C=O) groups is 6. The van der Waals surface area contributed by atoms with E-state index in [0.29, 0.717) is 22.6 Å². The van der Waals surface area contributed by atoms with Gasteiger partial charge in [0.05, 0.1) is 16.8 Å². The number of anilines is 1. The number of primary amides is 1. The largest absolute Gasteiger partial charge is 0.433 e. The maximum Gasteiger partial charge on any atom is 0.433 e. The van der Waals surface area contributed by atoms with Crippen molar-refractivity contribution in [2.75, 3.05) is 4.90 Å². The molecule has 0 spiro atoms. The number of aromatic nitrogens is 1. The molecule has 5 aromatic rings. The normalized spacial score (nSPS) is 13.6. The third kappa shape index (κ3) is 17.4. The third-order valence-electron chi connectivity index (χ3n) is 10.8. The number of rotatable bonds is 22. The molecule has 33 heteroatoms. The van der Waals surface area contributed by atoms with Crippen LogP contribution in [0.3, 0.4) is 0 Å². The molecule has 0 saturated carbocycles. The number of aliphatic imine (C=N–C) groups is 4. The second-order valence-corrected chi connectivity index (χ2v) is 16.8. The number of alkyl halides is 6. The van der Waals surface area contributed by atoms with Crippen LogP contribution in [0, 0.1) is 0 Å². The van der Waals surface area contributed by atoms with Crippen molar-refractivity contribution < 1.29 is 60.2 Å². The van der Waals surface area contributed by atoms with E-state index < -0.39 is 143 Å². The average molecular weight is 1140 g/mol. The Morgan fingerprint density at radius 2 is 0.975 bits per heavy atom. The summed E-state index contributed by atoms with van der Waals surface area (Å²) in [4.78, 5) is 99.7. The Morgan fingerprint density at radius 3 is 1.43 bits per heavy atom. The molecule has 5 rings (SSSR count). The van der Waals surface area contributed by atoms with Crippen LogP contribution in [0.2, 0.25) is 0 Å². The Hall–Kier alpha value is -10.7. The van der Waals surface area contributed by atoms with Crippen molar-refractivity contribution >= 4 is 88.0 Å². The number of fused-ring (bicyclic) bond motifs is 1. The number of nitrogens with zero attached hydrogens (tertiary/aromatic N) is 6. The predicted molar refractivity (Wildman–Crippen MR) is 283 cm³/mol. The van der Waals surface area contributed by atoms with Crippen molar-refractivity contribution in [3.8, 4) is 0 Å². The van der Waals surface area contributed by atoms with Crippen LogP contribution in [0.1, 0.15) is 39.6 Å². The van der Waals surface area contributed by atoms with Gasteiger partial charge in [0.15, 0.2) is 23.8 Å². The van der Waals surface area contributed by atoms with Gasteiger partial charge in [-0.25, -0.2) is 25.0 Å². The van der Waals surface area contributed by atoms with E-state index >= 15 is 0 Å². The van der Waals surface area contributed by atoms with E-state index in [-0.39, 0.29) is 11.1 Å². The predicted octanol–water partition coefficient (Wildman–Crippen LogP) is -2.03. The lowest BCUT2D eigenvalue weighted by molar-refractivity contribution is -0.142. The number of halogens is 6.